The summed E-state index contributed by atoms with van der Waals surface area (Å²) in [6, 6.07) is 26.1. The molecule has 0 atom stereocenters. The van der Waals surface area contributed by atoms with Crippen LogP contribution in [0.4, 0.5) is 5.69 Å². The van der Waals surface area contributed by atoms with Crippen LogP contribution >= 0.6 is 0 Å². The molecule has 148 valence electrons. The van der Waals surface area contributed by atoms with Crippen LogP contribution in [0.2, 0.25) is 0 Å². The first-order chi connectivity index (χ1) is 14.5. The van der Waals surface area contributed by atoms with Crippen molar-refractivity contribution in [2.45, 2.75) is 0 Å². The molecule has 0 fully saturated rings. The summed E-state index contributed by atoms with van der Waals surface area (Å²) < 4.78 is 0. The number of fused-ring (bicyclic) bond motifs is 1. The Morgan fingerprint density at radius 1 is 0.833 bits per heavy atom. The van der Waals surface area contributed by atoms with E-state index in [1.165, 1.54) is 4.90 Å². The second-order valence-corrected chi connectivity index (χ2v) is 7.17. The van der Waals surface area contributed by atoms with Crippen molar-refractivity contribution in [3.05, 3.63) is 96.1 Å². The smallest absolute Gasteiger partial charge is 0.256 e. The molecule has 0 unspecified atom stereocenters. The molecule has 0 spiro atoms. The highest BCUT2D eigenvalue weighted by atomic mass is 16.2. The highest BCUT2D eigenvalue weighted by Gasteiger charge is 2.15. The second-order valence-electron chi connectivity index (χ2n) is 7.17. The molecule has 30 heavy (non-hydrogen) atoms. The number of hydrogen-bond acceptors (Lipinski definition) is 3. The summed E-state index contributed by atoms with van der Waals surface area (Å²) in [5, 5.41) is 3.72. The number of para-hydroxylation sites is 1. The number of benzene rings is 3. The summed E-state index contributed by atoms with van der Waals surface area (Å²) in [6.07, 6.45) is 0. The van der Waals surface area contributed by atoms with Gasteiger partial charge in [-0.15, -0.1) is 0 Å². The number of anilines is 1. The Labute approximate surface area is 175 Å². The number of hydrogen-bond donors (Lipinski definition) is 1. The highest BCUT2D eigenvalue weighted by molar-refractivity contribution is 6.13. The molecule has 5 nitrogen and oxygen atoms in total. The van der Waals surface area contributed by atoms with Crippen LogP contribution in [0.3, 0.4) is 0 Å². The second kappa shape index (κ2) is 8.17. The molecule has 1 aromatic heterocycles. The number of carbonyl (C=O) groups is 2. The zero-order chi connectivity index (χ0) is 21.1. The minimum absolute atomic E-state index is 0.0829. The molecular formula is C25H21N3O2. The molecule has 2 amide bonds. The summed E-state index contributed by atoms with van der Waals surface area (Å²) in [5.41, 5.74) is 4.19. The SMILES string of the molecule is CN(C)C(=O)c1ccc(NC(=O)c2cc(-c3ccccc3)nc3ccccc23)cc1. The van der Waals surface area contributed by atoms with Gasteiger partial charge in [-0.1, -0.05) is 48.5 Å². The molecule has 0 saturated heterocycles. The molecule has 5 heteroatoms. The van der Waals surface area contributed by atoms with E-state index in [0.717, 1.165) is 22.2 Å². The Bertz CT molecular complexity index is 1220. The number of pyridine rings is 1. The first-order valence-corrected chi connectivity index (χ1v) is 9.61. The molecule has 4 rings (SSSR count). The van der Waals surface area contributed by atoms with Crippen LogP contribution in [-0.2, 0) is 0 Å². The maximum Gasteiger partial charge on any atom is 0.256 e. The van der Waals surface area contributed by atoms with Gasteiger partial charge < -0.3 is 10.2 Å². The van der Waals surface area contributed by atoms with Crippen molar-refractivity contribution < 1.29 is 9.59 Å². The van der Waals surface area contributed by atoms with Crippen molar-refractivity contribution in [3.63, 3.8) is 0 Å². The fourth-order valence-corrected chi connectivity index (χ4v) is 3.27. The van der Waals surface area contributed by atoms with Gasteiger partial charge in [0.25, 0.3) is 11.8 Å². The molecule has 4 aromatic rings. The zero-order valence-electron chi connectivity index (χ0n) is 16.8. The molecule has 0 bridgehead atoms. The molecular weight excluding hydrogens is 374 g/mol. The Morgan fingerprint density at radius 2 is 1.50 bits per heavy atom. The van der Waals surface area contributed by atoms with Crippen LogP contribution in [0.15, 0.2) is 84.9 Å². The van der Waals surface area contributed by atoms with Crippen molar-refractivity contribution in [3.8, 4) is 11.3 Å². The number of nitrogens with one attached hydrogen (secondary N) is 1. The van der Waals surface area contributed by atoms with E-state index in [1.807, 2.05) is 60.7 Å². The number of nitrogens with zero attached hydrogens (tertiary/aromatic N) is 2. The average molecular weight is 395 g/mol. The third-order valence-electron chi connectivity index (χ3n) is 4.83. The van der Waals surface area contributed by atoms with Gasteiger partial charge in [0, 0.05) is 36.3 Å². The van der Waals surface area contributed by atoms with Crippen LogP contribution in [0.5, 0.6) is 0 Å². The molecule has 0 aliphatic heterocycles. The van der Waals surface area contributed by atoms with Gasteiger partial charge in [0.15, 0.2) is 0 Å². The Hall–Kier alpha value is -3.99. The van der Waals surface area contributed by atoms with Crippen LogP contribution in [0, 0.1) is 0 Å². The van der Waals surface area contributed by atoms with Gasteiger partial charge in [0.1, 0.15) is 0 Å². The average Bonchev–Trinajstić information content (AvgIpc) is 2.78. The van der Waals surface area contributed by atoms with E-state index in [1.54, 1.807) is 38.4 Å². The van der Waals surface area contributed by atoms with Crippen molar-refractivity contribution in [1.29, 1.82) is 0 Å². The standard InChI is InChI=1S/C25H21N3O2/c1-28(2)25(30)18-12-14-19(15-13-18)26-24(29)21-16-23(17-8-4-3-5-9-17)27-22-11-7-6-10-20(21)22/h3-16H,1-2H3,(H,26,29). The van der Waals surface area contributed by atoms with E-state index in [-0.39, 0.29) is 11.8 Å². The van der Waals surface area contributed by atoms with Gasteiger partial charge >= 0.3 is 0 Å². The quantitative estimate of drug-likeness (QED) is 0.537. The predicted octanol–water partition coefficient (Wildman–Crippen LogP) is 4.86. The lowest BCUT2D eigenvalue weighted by Gasteiger charge is -2.12. The lowest BCUT2D eigenvalue weighted by atomic mass is 10.0. The fourth-order valence-electron chi connectivity index (χ4n) is 3.27. The van der Waals surface area contributed by atoms with E-state index in [9.17, 15) is 9.59 Å². The Balaban J connectivity index is 1.68. The molecule has 0 saturated carbocycles. The maximum atomic E-state index is 13.1. The minimum Gasteiger partial charge on any atom is -0.345 e. The third kappa shape index (κ3) is 3.91. The zero-order valence-corrected chi connectivity index (χ0v) is 16.8. The molecule has 1 N–H and O–H groups in total. The lowest BCUT2D eigenvalue weighted by molar-refractivity contribution is 0.0827. The van der Waals surface area contributed by atoms with E-state index >= 15 is 0 Å². The molecule has 0 aliphatic rings. The summed E-state index contributed by atoms with van der Waals surface area (Å²) in [7, 11) is 3.41. The largest absolute Gasteiger partial charge is 0.345 e. The van der Waals surface area contributed by atoms with Crippen molar-refractivity contribution in [2.75, 3.05) is 19.4 Å². The van der Waals surface area contributed by atoms with Gasteiger partial charge in [-0.2, -0.15) is 0 Å². The van der Waals surface area contributed by atoms with E-state index in [4.69, 9.17) is 4.98 Å². The van der Waals surface area contributed by atoms with Crippen molar-refractivity contribution in [1.82, 2.24) is 9.88 Å². The van der Waals surface area contributed by atoms with Crippen LogP contribution in [0.1, 0.15) is 20.7 Å². The Morgan fingerprint density at radius 3 is 2.20 bits per heavy atom. The lowest BCUT2D eigenvalue weighted by Crippen LogP contribution is -2.21. The number of amides is 2. The number of rotatable bonds is 4. The van der Waals surface area contributed by atoms with Gasteiger partial charge in [0.2, 0.25) is 0 Å². The monoisotopic (exact) mass is 395 g/mol. The van der Waals surface area contributed by atoms with Crippen molar-refractivity contribution in [2.24, 2.45) is 0 Å². The van der Waals surface area contributed by atoms with Crippen LogP contribution in [-0.4, -0.2) is 35.8 Å². The van der Waals surface area contributed by atoms with E-state index in [2.05, 4.69) is 5.32 Å². The van der Waals surface area contributed by atoms with Crippen molar-refractivity contribution >= 4 is 28.4 Å². The van der Waals surface area contributed by atoms with E-state index < -0.39 is 0 Å². The first kappa shape index (κ1) is 19.3. The normalized spacial score (nSPS) is 10.6. The molecule has 0 aliphatic carbocycles. The first-order valence-electron chi connectivity index (χ1n) is 9.61. The summed E-state index contributed by atoms with van der Waals surface area (Å²) in [4.78, 5) is 31.4. The highest BCUT2D eigenvalue weighted by Crippen LogP contribution is 2.25. The number of aromatic nitrogens is 1. The molecule has 3 aromatic carbocycles. The van der Waals surface area contributed by atoms with Crippen LogP contribution in [0.25, 0.3) is 22.2 Å². The van der Waals surface area contributed by atoms with Gasteiger partial charge in [0.05, 0.1) is 16.8 Å². The van der Waals surface area contributed by atoms with Gasteiger partial charge in [-0.05, 0) is 36.4 Å². The third-order valence-corrected chi connectivity index (χ3v) is 4.83. The number of carbonyl (C=O) groups excluding carboxylic acids is 2. The van der Waals surface area contributed by atoms with Gasteiger partial charge in [-0.25, -0.2) is 4.98 Å². The topological polar surface area (TPSA) is 62.3 Å². The molecule has 0 radical (unpaired) electrons. The fraction of sp³-hybridized carbons (Fsp3) is 0.0800. The Kier molecular flexibility index (Phi) is 5.26. The maximum absolute atomic E-state index is 13.1. The van der Waals surface area contributed by atoms with Crippen LogP contribution < -0.4 is 5.32 Å². The molecule has 1 heterocycles. The minimum atomic E-state index is -0.225. The summed E-state index contributed by atoms with van der Waals surface area (Å²) >= 11 is 0. The summed E-state index contributed by atoms with van der Waals surface area (Å²) in [5.74, 6) is -0.307. The summed E-state index contributed by atoms with van der Waals surface area (Å²) in [6.45, 7) is 0. The predicted molar refractivity (Wildman–Crippen MR) is 120 cm³/mol. The van der Waals surface area contributed by atoms with Gasteiger partial charge in [-0.3, -0.25) is 9.59 Å². The van der Waals surface area contributed by atoms with E-state index in [0.29, 0.717) is 16.8 Å².